The van der Waals surface area contributed by atoms with Gasteiger partial charge < -0.3 is 19.8 Å². The van der Waals surface area contributed by atoms with Crippen LogP contribution >= 0.6 is 0 Å². The minimum atomic E-state index is -0.511. The van der Waals surface area contributed by atoms with Gasteiger partial charge in [-0.05, 0) is 48.0 Å². The zero-order valence-electron chi connectivity index (χ0n) is 10.1. The highest BCUT2D eigenvalue weighted by molar-refractivity contribution is 5.57. The third-order valence-electron chi connectivity index (χ3n) is 2.52. The van der Waals surface area contributed by atoms with Crippen molar-refractivity contribution >= 4 is 11.5 Å². The third-order valence-corrected chi connectivity index (χ3v) is 2.52. The molecule has 2 heterocycles. The van der Waals surface area contributed by atoms with E-state index in [1.807, 2.05) is 26.0 Å². The van der Waals surface area contributed by atoms with Gasteiger partial charge in [-0.15, -0.1) is 0 Å². The van der Waals surface area contributed by atoms with Crippen molar-refractivity contribution in [3.8, 4) is 0 Å². The number of nitrogens with zero attached hydrogens (tertiary/aromatic N) is 2. The van der Waals surface area contributed by atoms with Gasteiger partial charge in [0, 0.05) is 0 Å². The normalized spacial score (nSPS) is 12.1. The molecule has 2 aromatic rings. The van der Waals surface area contributed by atoms with Crippen LogP contribution in [0.3, 0.4) is 0 Å². The lowest BCUT2D eigenvalue weighted by Gasteiger charge is -2.12. The standard InChI is InChI=1S/C12H13N3O3/c1-8-5-6-11(18-8)9(2)14-10-4-3-7-13-12(10)15(16)17/h3-7,9,14H,1-2H3. The Balaban J connectivity index is 2.21. The van der Waals surface area contributed by atoms with Gasteiger partial charge in [-0.25, -0.2) is 0 Å². The van der Waals surface area contributed by atoms with Gasteiger partial charge in [-0.2, -0.15) is 0 Å². The number of nitro groups is 1. The number of furan rings is 1. The molecular weight excluding hydrogens is 234 g/mol. The Morgan fingerprint density at radius 1 is 1.44 bits per heavy atom. The molecule has 0 fully saturated rings. The molecule has 0 saturated heterocycles. The van der Waals surface area contributed by atoms with E-state index in [1.54, 1.807) is 12.1 Å². The molecule has 1 N–H and O–H groups in total. The maximum atomic E-state index is 10.8. The van der Waals surface area contributed by atoms with E-state index >= 15 is 0 Å². The fraction of sp³-hybridized carbons (Fsp3) is 0.250. The summed E-state index contributed by atoms with van der Waals surface area (Å²) in [6.07, 6.45) is 1.39. The Bertz CT molecular complexity index is 565. The van der Waals surface area contributed by atoms with E-state index in [2.05, 4.69) is 10.3 Å². The van der Waals surface area contributed by atoms with Crippen LogP contribution in [0.2, 0.25) is 0 Å². The summed E-state index contributed by atoms with van der Waals surface area (Å²) < 4.78 is 5.47. The summed E-state index contributed by atoms with van der Waals surface area (Å²) in [4.78, 5) is 14.0. The number of aryl methyl sites for hydroxylation is 1. The maximum absolute atomic E-state index is 10.8. The summed E-state index contributed by atoms with van der Waals surface area (Å²) in [6, 6.07) is 6.80. The van der Waals surface area contributed by atoms with Crippen LogP contribution in [0.4, 0.5) is 11.5 Å². The van der Waals surface area contributed by atoms with Gasteiger partial charge in [0.25, 0.3) is 0 Å². The number of pyridine rings is 1. The second kappa shape index (κ2) is 4.87. The summed E-state index contributed by atoms with van der Waals surface area (Å²) >= 11 is 0. The first kappa shape index (κ1) is 12.1. The summed E-state index contributed by atoms with van der Waals surface area (Å²) in [7, 11) is 0. The van der Waals surface area contributed by atoms with Crippen LogP contribution in [-0.4, -0.2) is 9.91 Å². The number of aromatic nitrogens is 1. The Morgan fingerprint density at radius 3 is 2.83 bits per heavy atom. The van der Waals surface area contributed by atoms with Crippen molar-refractivity contribution in [2.75, 3.05) is 5.32 Å². The van der Waals surface area contributed by atoms with Crippen LogP contribution in [0.5, 0.6) is 0 Å². The van der Waals surface area contributed by atoms with Crippen LogP contribution in [0.1, 0.15) is 24.5 Å². The number of nitrogens with one attached hydrogen (secondary N) is 1. The molecule has 2 aromatic heterocycles. The molecule has 0 amide bonds. The zero-order valence-corrected chi connectivity index (χ0v) is 10.1. The number of rotatable bonds is 4. The maximum Gasteiger partial charge on any atom is 0.386 e. The van der Waals surface area contributed by atoms with E-state index < -0.39 is 4.92 Å². The third kappa shape index (κ3) is 2.48. The van der Waals surface area contributed by atoms with Crippen LogP contribution in [0, 0.1) is 17.0 Å². The molecule has 0 aliphatic heterocycles. The SMILES string of the molecule is Cc1ccc(C(C)Nc2cccnc2[N+](=O)[O-])o1. The lowest BCUT2D eigenvalue weighted by atomic mass is 10.2. The van der Waals surface area contributed by atoms with E-state index in [0.29, 0.717) is 5.69 Å². The molecule has 0 saturated carbocycles. The average Bonchev–Trinajstić information content (AvgIpc) is 2.76. The molecule has 0 aliphatic carbocycles. The largest absolute Gasteiger partial charge is 0.464 e. The highest BCUT2D eigenvalue weighted by Gasteiger charge is 2.17. The molecule has 6 heteroatoms. The molecule has 1 atom stereocenters. The number of hydrogen-bond donors (Lipinski definition) is 1. The van der Waals surface area contributed by atoms with Gasteiger partial charge in [0.1, 0.15) is 23.4 Å². The second-order valence-electron chi connectivity index (χ2n) is 3.95. The molecule has 2 rings (SSSR count). The molecule has 18 heavy (non-hydrogen) atoms. The van der Waals surface area contributed by atoms with E-state index in [-0.39, 0.29) is 11.9 Å². The molecule has 1 unspecified atom stereocenters. The zero-order chi connectivity index (χ0) is 13.1. The van der Waals surface area contributed by atoms with Crippen LogP contribution < -0.4 is 5.32 Å². The topological polar surface area (TPSA) is 81.2 Å². The quantitative estimate of drug-likeness (QED) is 0.663. The first-order chi connectivity index (χ1) is 8.58. The number of anilines is 1. The highest BCUT2D eigenvalue weighted by atomic mass is 16.6. The first-order valence-electron chi connectivity index (χ1n) is 5.50. The molecule has 0 aromatic carbocycles. The van der Waals surface area contributed by atoms with Crippen molar-refractivity contribution in [1.82, 2.24) is 4.98 Å². The summed E-state index contributed by atoms with van der Waals surface area (Å²) in [5, 5.41) is 13.8. The van der Waals surface area contributed by atoms with Crippen molar-refractivity contribution in [2.45, 2.75) is 19.9 Å². The van der Waals surface area contributed by atoms with E-state index in [4.69, 9.17) is 4.42 Å². The smallest absolute Gasteiger partial charge is 0.386 e. The molecule has 0 bridgehead atoms. The van der Waals surface area contributed by atoms with E-state index in [9.17, 15) is 10.1 Å². The van der Waals surface area contributed by atoms with Gasteiger partial charge in [0.15, 0.2) is 0 Å². The minimum Gasteiger partial charge on any atom is -0.464 e. The Kier molecular flexibility index (Phi) is 3.27. The lowest BCUT2D eigenvalue weighted by molar-refractivity contribution is -0.388. The van der Waals surface area contributed by atoms with Crippen LogP contribution in [0.25, 0.3) is 0 Å². The predicted molar refractivity (Wildman–Crippen MR) is 66.4 cm³/mol. The molecular formula is C12H13N3O3. The number of hydrogen-bond acceptors (Lipinski definition) is 5. The van der Waals surface area contributed by atoms with E-state index in [1.165, 1.54) is 6.20 Å². The summed E-state index contributed by atoms with van der Waals surface area (Å²) in [6.45, 7) is 3.72. The van der Waals surface area contributed by atoms with Crippen molar-refractivity contribution in [3.63, 3.8) is 0 Å². The summed E-state index contributed by atoms with van der Waals surface area (Å²) in [5.74, 6) is 1.35. The van der Waals surface area contributed by atoms with E-state index in [0.717, 1.165) is 11.5 Å². The summed E-state index contributed by atoms with van der Waals surface area (Å²) in [5.41, 5.74) is 0.379. The van der Waals surface area contributed by atoms with Gasteiger partial charge in [0.05, 0.1) is 6.04 Å². The second-order valence-corrected chi connectivity index (χ2v) is 3.95. The Hall–Kier alpha value is -2.37. The van der Waals surface area contributed by atoms with Gasteiger partial charge in [-0.3, -0.25) is 0 Å². The monoisotopic (exact) mass is 247 g/mol. The van der Waals surface area contributed by atoms with Crippen molar-refractivity contribution < 1.29 is 9.34 Å². The van der Waals surface area contributed by atoms with Crippen molar-refractivity contribution in [3.05, 3.63) is 52.1 Å². The van der Waals surface area contributed by atoms with Crippen molar-refractivity contribution in [1.29, 1.82) is 0 Å². The molecule has 0 spiro atoms. The highest BCUT2D eigenvalue weighted by Crippen LogP contribution is 2.26. The van der Waals surface area contributed by atoms with Gasteiger partial charge in [0.2, 0.25) is 0 Å². The first-order valence-corrected chi connectivity index (χ1v) is 5.50. The Labute approximate surface area is 104 Å². The lowest BCUT2D eigenvalue weighted by Crippen LogP contribution is -2.08. The van der Waals surface area contributed by atoms with Gasteiger partial charge >= 0.3 is 5.82 Å². The van der Waals surface area contributed by atoms with Crippen LogP contribution in [-0.2, 0) is 0 Å². The predicted octanol–water partition coefficient (Wildman–Crippen LogP) is 3.06. The fourth-order valence-electron chi connectivity index (χ4n) is 1.65. The van der Waals surface area contributed by atoms with Crippen LogP contribution in [0.15, 0.2) is 34.9 Å². The average molecular weight is 247 g/mol. The molecule has 6 nitrogen and oxygen atoms in total. The van der Waals surface area contributed by atoms with Crippen molar-refractivity contribution in [2.24, 2.45) is 0 Å². The molecule has 0 radical (unpaired) electrons. The molecule has 0 aliphatic rings. The van der Waals surface area contributed by atoms with Gasteiger partial charge in [-0.1, -0.05) is 0 Å². The Morgan fingerprint density at radius 2 is 2.22 bits per heavy atom. The molecule has 94 valence electrons. The minimum absolute atomic E-state index is 0.165. The fourth-order valence-corrected chi connectivity index (χ4v) is 1.65.